The molecule has 0 saturated heterocycles. The Labute approximate surface area is 282 Å². The molecule has 0 aromatic carbocycles. The summed E-state index contributed by atoms with van der Waals surface area (Å²) in [5.74, 6) is 0.431. The van der Waals surface area contributed by atoms with Crippen molar-refractivity contribution in [1.29, 1.82) is 0 Å². The number of rotatable bonds is 11. The molecule has 2 aliphatic carbocycles. The van der Waals surface area contributed by atoms with E-state index in [9.17, 15) is 9.90 Å². The highest BCUT2D eigenvalue weighted by atomic mass is 16.5. The summed E-state index contributed by atoms with van der Waals surface area (Å²) in [7, 11) is 1.61. The number of carbonyl (C=O) groups excluding carboxylic acids is 1. The number of ketones is 1. The van der Waals surface area contributed by atoms with E-state index in [4.69, 9.17) is 4.74 Å². The minimum absolute atomic E-state index is 0.0501. The molecule has 2 rings (SSSR count). The Bertz CT molecular complexity index is 1370. The lowest BCUT2D eigenvalue weighted by molar-refractivity contribution is -0.127. The Morgan fingerprint density at radius 3 is 1.76 bits per heavy atom. The molecule has 1 N–H and O–H groups in total. The summed E-state index contributed by atoms with van der Waals surface area (Å²) < 4.78 is 5.41. The van der Waals surface area contributed by atoms with Gasteiger partial charge in [0.05, 0.1) is 6.10 Å². The number of aliphatic hydroxyl groups is 1. The Balaban J connectivity index is 0.00000518. The first-order chi connectivity index (χ1) is 21.6. The van der Waals surface area contributed by atoms with Gasteiger partial charge in [-0.15, -0.1) is 0 Å². The molecule has 3 atom stereocenters. The highest BCUT2D eigenvalue weighted by Crippen LogP contribution is 2.42. The molecule has 0 aromatic rings. The van der Waals surface area contributed by atoms with Crippen molar-refractivity contribution in [2.75, 3.05) is 7.11 Å². The van der Waals surface area contributed by atoms with Crippen molar-refractivity contribution in [3.8, 4) is 0 Å². The van der Waals surface area contributed by atoms with Crippen LogP contribution in [0.3, 0.4) is 0 Å². The minimum Gasteiger partial charge on any atom is -0.389 e. The average molecular weight is 627 g/mol. The normalized spacial score (nSPS) is 25.0. The third-order valence-electron chi connectivity index (χ3n) is 8.63. The maximum Gasteiger partial charge on any atom is 0.187 e. The smallest absolute Gasteiger partial charge is 0.187 e. The van der Waals surface area contributed by atoms with Crippen molar-refractivity contribution >= 4 is 5.78 Å². The molecule has 46 heavy (non-hydrogen) atoms. The molecule has 0 heterocycles. The first-order valence-corrected chi connectivity index (χ1v) is 16.8. The number of ether oxygens (including phenoxy) is 1. The van der Waals surface area contributed by atoms with Gasteiger partial charge in [-0.2, -0.15) is 0 Å². The predicted octanol–water partition coefficient (Wildman–Crippen LogP) is 11.3. The summed E-state index contributed by atoms with van der Waals surface area (Å²) in [6, 6.07) is 0. The van der Waals surface area contributed by atoms with Gasteiger partial charge in [0.15, 0.2) is 5.78 Å². The van der Waals surface area contributed by atoms with E-state index >= 15 is 0 Å². The number of hydrogen-bond acceptors (Lipinski definition) is 3. The van der Waals surface area contributed by atoms with Crippen LogP contribution in [0.4, 0.5) is 0 Å². The Morgan fingerprint density at radius 2 is 1.26 bits per heavy atom. The van der Waals surface area contributed by atoms with Crippen LogP contribution in [0, 0.1) is 16.7 Å². The molecular formula is C43H62O3. The third kappa shape index (κ3) is 13.2. The van der Waals surface area contributed by atoms with Gasteiger partial charge < -0.3 is 9.84 Å². The van der Waals surface area contributed by atoms with Gasteiger partial charge in [0, 0.05) is 13.0 Å². The lowest BCUT2D eigenvalue weighted by Crippen LogP contribution is -2.37. The molecule has 0 fully saturated rings. The average Bonchev–Trinajstić information content (AvgIpc) is 2.97. The van der Waals surface area contributed by atoms with Gasteiger partial charge in [-0.3, -0.25) is 4.79 Å². The fraction of sp³-hybridized carbons (Fsp3) is 0.465. The maximum atomic E-state index is 12.6. The second-order valence-electron chi connectivity index (χ2n) is 13.8. The standard InChI is InChI=1S/C41H56O3.C2H6/c1-29(18-14-20-31(3)22-24-36-33(5)26-35(42)27-40(36,7)8)16-12-13-17-30(2)19-15-21-32(4)23-25-37-34(6)39(43)38(44-11)28-41(37,9)10;1-2/h12-26,35-36,38,42H,27-28H2,1-11H3;1-2H3/b13-12+,18-14+,19-15+,24-22+,25-23+,29-16+,30-17+,31-20+,32-21+;. The van der Waals surface area contributed by atoms with Crippen molar-refractivity contribution in [3.05, 3.63) is 130 Å². The molecule has 2 aliphatic rings. The molecule has 3 nitrogen and oxygen atoms in total. The van der Waals surface area contributed by atoms with Crippen molar-refractivity contribution in [2.24, 2.45) is 16.7 Å². The van der Waals surface area contributed by atoms with Crippen LogP contribution in [0.5, 0.6) is 0 Å². The van der Waals surface area contributed by atoms with Crippen molar-refractivity contribution in [3.63, 3.8) is 0 Å². The van der Waals surface area contributed by atoms with Gasteiger partial charge >= 0.3 is 0 Å². The number of hydrogen-bond donors (Lipinski definition) is 1. The van der Waals surface area contributed by atoms with Crippen LogP contribution in [-0.2, 0) is 9.53 Å². The molecule has 3 heteroatoms. The zero-order chi connectivity index (χ0) is 35.1. The molecule has 0 bridgehead atoms. The monoisotopic (exact) mass is 626 g/mol. The third-order valence-corrected chi connectivity index (χ3v) is 8.63. The second-order valence-corrected chi connectivity index (χ2v) is 13.8. The van der Waals surface area contributed by atoms with E-state index in [-0.39, 0.29) is 28.8 Å². The van der Waals surface area contributed by atoms with Crippen molar-refractivity contribution in [2.45, 2.75) is 108 Å². The summed E-state index contributed by atoms with van der Waals surface area (Å²) in [4.78, 5) is 12.6. The molecule has 0 saturated carbocycles. The lowest BCUT2D eigenvalue weighted by Gasteiger charge is -2.38. The van der Waals surface area contributed by atoms with E-state index < -0.39 is 0 Å². The van der Waals surface area contributed by atoms with Crippen LogP contribution in [-0.4, -0.2) is 30.2 Å². The zero-order valence-electron chi connectivity index (χ0n) is 31.1. The van der Waals surface area contributed by atoms with Gasteiger partial charge in [-0.1, -0.05) is 161 Å². The lowest BCUT2D eigenvalue weighted by atomic mass is 9.67. The van der Waals surface area contributed by atoms with Gasteiger partial charge in [0.1, 0.15) is 6.10 Å². The number of aliphatic hydroxyl groups excluding tert-OH is 1. The van der Waals surface area contributed by atoms with Crippen molar-refractivity contribution in [1.82, 2.24) is 0 Å². The largest absolute Gasteiger partial charge is 0.389 e. The van der Waals surface area contributed by atoms with Crippen LogP contribution in [0.25, 0.3) is 0 Å². The summed E-state index contributed by atoms with van der Waals surface area (Å²) in [6.45, 7) is 25.2. The fourth-order valence-corrected chi connectivity index (χ4v) is 6.05. The second kappa shape index (κ2) is 19.4. The van der Waals surface area contributed by atoms with E-state index in [0.717, 1.165) is 28.7 Å². The van der Waals surface area contributed by atoms with Gasteiger partial charge in [-0.25, -0.2) is 0 Å². The Hall–Kier alpha value is -3.27. The van der Waals surface area contributed by atoms with Crippen LogP contribution in [0.1, 0.15) is 95.9 Å². The number of allylic oxidation sites excluding steroid dienone is 20. The van der Waals surface area contributed by atoms with E-state index in [1.54, 1.807) is 7.11 Å². The molecule has 0 spiro atoms. The van der Waals surface area contributed by atoms with Gasteiger partial charge in [0.2, 0.25) is 0 Å². The van der Waals surface area contributed by atoms with Crippen LogP contribution >= 0.6 is 0 Å². The predicted molar refractivity (Wildman–Crippen MR) is 201 cm³/mol. The highest BCUT2D eigenvalue weighted by molar-refractivity contribution is 6.00. The highest BCUT2D eigenvalue weighted by Gasteiger charge is 2.38. The first-order valence-electron chi connectivity index (χ1n) is 16.8. The Morgan fingerprint density at radius 1 is 0.783 bits per heavy atom. The van der Waals surface area contributed by atoms with E-state index in [1.807, 2.05) is 26.8 Å². The van der Waals surface area contributed by atoms with Crippen LogP contribution in [0.15, 0.2) is 130 Å². The van der Waals surface area contributed by atoms with Crippen LogP contribution in [0.2, 0.25) is 0 Å². The Kier molecular flexibility index (Phi) is 17.2. The molecular weight excluding hydrogens is 564 g/mol. The summed E-state index contributed by atoms with van der Waals surface area (Å²) in [6.07, 6.45) is 32.3. The van der Waals surface area contributed by atoms with E-state index in [0.29, 0.717) is 12.3 Å². The molecule has 3 unspecified atom stereocenters. The molecule has 0 amide bonds. The maximum absolute atomic E-state index is 12.6. The SMILES string of the molecule is CC.COC1CC(C)(C)C(/C=C/C(C)=C/C=C/C(C)=C/C=C/C=C(C)/C=C/C=C(C)/C=C/C2C(C)=CC(O)CC2(C)C)=C(C)C1=O. The van der Waals surface area contributed by atoms with E-state index in [2.05, 4.69) is 147 Å². The zero-order valence-corrected chi connectivity index (χ0v) is 31.1. The summed E-state index contributed by atoms with van der Waals surface area (Å²) in [5.41, 5.74) is 7.72. The number of methoxy groups -OCH3 is 1. The summed E-state index contributed by atoms with van der Waals surface area (Å²) >= 11 is 0. The van der Waals surface area contributed by atoms with Crippen molar-refractivity contribution < 1.29 is 14.6 Å². The topological polar surface area (TPSA) is 46.5 Å². The molecule has 0 aromatic heterocycles. The number of Topliss-reactive ketones (excluding diaryl/α,β-unsaturated/α-hetero) is 1. The first kappa shape index (κ1) is 40.8. The van der Waals surface area contributed by atoms with Gasteiger partial charge in [-0.05, 0) is 76.4 Å². The number of carbonyl (C=O) groups is 1. The molecule has 0 aliphatic heterocycles. The quantitative estimate of drug-likeness (QED) is 0.183. The molecule has 0 radical (unpaired) electrons. The fourth-order valence-electron chi connectivity index (χ4n) is 6.05. The molecule has 252 valence electrons. The van der Waals surface area contributed by atoms with Crippen LogP contribution < -0.4 is 0 Å². The van der Waals surface area contributed by atoms with Gasteiger partial charge in [0.25, 0.3) is 0 Å². The summed E-state index contributed by atoms with van der Waals surface area (Å²) in [5, 5.41) is 10.1. The van der Waals surface area contributed by atoms with E-state index in [1.165, 1.54) is 16.7 Å². The minimum atomic E-state index is -0.347.